The number of benzene rings is 2. The van der Waals surface area contributed by atoms with Gasteiger partial charge in [-0.1, -0.05) is 36.4 Å². The predicted molar refractivity (Wildman–Crippen MR) is 120 cm³/mol. The first-order valence-corrected chi connectivity index (χ1v) is 11.4. The van der Waals surface area contributed by atoms with Crippen molar-refractivity contribution in [2.45, 2.75) is 25.8 Å². The molecule has 2 aromatic carbocycles. The lowest BCUT2D eigenvalue weighted by atomic mass is 9.63. The number of halogens is 1. The van der Waals surface area contributed by atoms with Gasteiger partial charge in [0.25, 0.3) is 5.91 Å². The number of aryl methyl sites for hydroxylation is 1. The van der Waals surface area contributed by atoms with Gasteiger partial charge in [-0.3, -0.25) is 4.79 Å². The van der Waals surface area contributed by atoms with Crippen LogP contribution in [0.2, 0.25) is 0 Å². The lowest BCUT2D eigenvalue weighted by Gasteiger charge is -2.61. The van der Waals surface area contributed by atoms with Gasteiger partial charge in [0.15, 0.2) is 0 Å². The number of amides is 1. The molecule has 0 radical (unpaired) electrons. The second-order valence-corrected chi connectivity index (χ2v) is 9.42. The Balaban J connectivity index is 1.39. The number of carbonyl (C=O) groups excluding carboxylic acids is 1. The first-order chi connectivity index (χ1) is 14.6. The maximum atomic E-state index is 13.9. The van der Waals surface area contributed by atoms with Gasteiger partial charge >= 0.3 is 0 Å². The summed E-state index contributed by atoms with van der Waals surface area (Å²) in [6.45, 7) is 4.45. The minimum atomic E-state index is -0.202. The van der Waals surface area contributed by atoms with Crippen LogP contribution in [0.25, 0.3) is 0 Å². The van der Waals surface area contributed by atoms with Gasteiger partial charge in [-0.25, -0.2) is 4.39 Å². The van der Waals surface area contributed by atoms with E-state index in [4.69, 9.17) is 0 Å². The number of thiophene rings is 1. The van der Waals surface area contributed by atoms with Crippen LogP contribution < -0.4 is 4.90 Å². The van der Waals surface area contributed by atoms with E-state index >= 15 is 0 Å². The molecule has 3 aromatic rings. The van der Waals surface area contributed by atoms with Crippen LogP contribution in [0.3, 0.4) is 0 Å². The highest BCUT2D eigenvalue weighted by molar-refractivity contribution is 7.12. The Morgan fingerprint density at radius 1 is 1.07 bits per heavy atom. The minimum absolute atomic E-state index is 0.120. The molecular formula is C25H25FN2OS. The highest BCUT2D eigenvalue weighted by Gasteiger charge is 2.54. The molecule has 5 heteroatoms. The smallest absolute Gasteiger partial charge is 0.264 e. The molecule has 2 saturated heterocycles. The van der Waals surface area contributed by atoms with Crippen molar-refractivity contribution in [2.75, 3.05) is 24.5 Å². The summed E-state index contributed by atoms with van der Waals surface area (Å²) in [5.74, 6) is -0.0399. The minimum Gasteiger partial charge on any atom is -0.363 e. The van der Waals surface area contributed by atoms with Crippen molar-refractivity contribution < 1.29 is 9.18 Å². The van der Waals surface area contributed by atoms with E-state index in [-0.39, 0.29) is 23.2 Å². The molecule has 0 saturated carbocycles. The first-order valence-electron chi connectivity index (χ1n) is 10.5. The number of nitrogens with zero attached hydrogens (tertiary/aromatic N) is 2. The van der Waals surface area contributed by atoms with E-state index in [1.54, 1.807) is 12.1 Å². The quantitative estimate of drug-likeness (QED) is 0.544. The Kier molecular flexibility index (Phi) is 4.86. The average molecular weight is 421 g/mol. The number of hydrogen-bond acceptors (Lipinski definition) is 3. The van der Waals surface area contributed by atoms with Gasteiger partial charge in [0.2, 0.25) is 0 Å². The SMILES string of the molecule is Cc1ccsc1C(=O)N1CCC2(CC1)CN(c1cccc(F)c1)C2c1ccccc1. The molecule has 2 aliphatic rings. The maximum absolute atomic E-state index is 13.9. The molecule has 1 unspecified atom stereocenters. The fourth-order valence-electron chi connectivity index (χ4n) is 5.12. The fraction of sp³-hybridized carbons (Fsp3) is 0.320. The molecule has 3 nitrogen and oxygen atoms in total. The first kappa shape index (κ1) is 19.3. The molecule has 1 atom stereocenters. The van der Waals surface area contributed by atoms with Crippen LogP contribution in [-0.2, 0) is 0 Å². The molecule has 0 bridgehead atoms. The second-order valence-electron chi connectivity index (χ2n) is 8.51. The Morgan fingerprint density at radius 2 is 1.83 bits per heavy atom. The van der Waals surface area contributed by atoms with E-state index in [9.17, 15) is 9.18 Å². The van der Waals surface area contributed by atoms with Crippen molar-refractivity contribution in [1.29, 1.82) is 0 Å². The van der Waals surface area contributed by atoms with Crippen LogP contribution in [0.15, 0.2) is 66.0 Å². The second kappa shape index (κ2) is 7.55. The lowest BCUT2D eigenvalue weighted by molar-refractivity contribution is 0.0273. The highest BCUT2D eigenvalue weighted by atomic mass is 32.1. The zero-order chi connectivity index (χ0) is 20.7. The Morgan fingerprint density at radius 3 is 2.50 bits per heavy atom. The van der Waals surface area contributed by atoms with E-state index in [1.165, 1.54) is 23.0 Å². The zero-order valence-electron chi connectivity index (χ0n) is 17.1. The zero-order valence-corrected chi connectivity index (χ0v) is 17.9. The predicted octanol–water partition coefficient (Wildman–Crippen LogP) is 5.68. The molecule has 1 aromatic heterocycles. The molecule has 3 heterocycles. The topological polar surface area (TPSA) is 23.6 Å². The van der Waals surface area contributed by atoms with Crippen molar-refractivity contribution in [1.82, 2.24) is 4.90 Å². The largest absolute Gasteiger partial charge is 0.363 e. The summed E-state index contributed by atoms with van der Waals surface area (Å²) < 4.78 is 13.9. The van der Waals surface area contributed by atoms with Crippen molar-refractivity contribution >= 4 is 22.9 Å². The highest BCUT2D eigenvalue weighted by Crippen LogP contribution is 2.56. The fourth-order valence-corrected chi connectivity index (χ4v) is 6.01. The van der Waals surface area contributed by atoms with Gasteiger partial charge in [0, 0.05) is 30.7 Å². The lowest BCUT2D eigenvalue weighted by Crippen LogP contribution is -2.62. The molecule has 2 aliphatic heterocycles. The standard InChI is InChI=1S/C25H25FN2OS/c1-18-10-15-30-22(18)24(29)27-13-11-25(12-14-27)17-28(21-9-5-8-20(26)16-21)23(25)19-6-3-2-4-7-19/h2-10,15-16,23H,11-14,17H2,1H3. The monoisotopic (exact) mass is 420 g/mol. The summed E-state index contributed by atoms with van der Waals surface area (Å²) in [5, 5.41) is 1.99. The van der Waals surface area contributed by atoms with Gasteiger partial charge in [-0.05, 0) is 60.5 Å². The number of carbonyl (C=O) groups is 1. The number of likely N-dealkylation sites (tertiary alicyclic amines) is 1. The Labute approximate surface area is 180 Å². The van der Waals surface area contributed by atoms with Crippen molar-refractivity contribution in [3.8, 4) is 0 Å². The summed E-state index contributed by atoms with van der Waals surface area (Å²) in [6, 6.07) is 19.6. The van der Waals surface area contributed by atoms with Crippen LogP contribution in [0.1, 0.15) is 39.7 Å². The van der Waals surface area contributed by atoms with Gasteiger partial charge in [0.1, 0.15) is 5.82 Å². The summed E-state index contributed by atoms with van der Waals surface area (Å²) in [6.07, 6.45) is 1.93. The number of hydrogen-bond donors (Lipinski definition) is 0. The summed E-state index contributed by atoms with van der Waals surface area (Å²) in [7, 11) is 0. The third-order valence-electron chi connectivity index (χ3n) is 6.73. The molecule has 0 N–H and O–H groups in total. The van der Waals surface area contributed by atoms with E-state index in [0.717, 1.165) is 48.6 Å². The normalized spacial score (nSPS) is 20.3. The average Bonchev–Trinajstić information content (AvgIpc) is 3.18. The summed E-state index contributed by atoms with van der Waals surface area (Å²) in [4.78, 5) is 18.1. The third kappa shape index (κ3) is 3.21. The van der Waals surface area contributed by atoms with Crippen molar-refractivity contribution in [3.63, 3.8) is 0 Å². The molecule has 1 amide bonds. The molecule has 1 spiro atoms. The maximum Gasteiger partial charge on any atom is 0.264 e. The van der Waals surface area contributed by atoms with E-state index in [1.807, 2.05) is 35.4 Å². The van der Waals surface area contributed by atoms with Gasteiger partial charge in [0.05, 0.1) is 10.9 Å². The third-order valence-corrected chi connectivity index (χ3v) is 7.74. The number of piperidine rings is 1. The molecule has 30 heavy (non-hydrogen) atoms. The van der Waals surface area contributed by atoms with Crippen molar-refractivity contribution in [3.05, 3.63) is 87.9 Å². The van der Waals surface area contributed by atoms with Gasteiger partial charge in [-0.2, -0.15) is 0 Å². The molecule has 0 aliphatic carbocycles. The van der Waals surface area contributed by atoms with E-state index < -0.39 is 0 Å². The van der Waals surface area contributed by atoms with Crippen LogP contribution in [0, 0.1) is 18.2 Å². The van der Waals surface area contributed by atoms with Crippen LogP contribution in [0.4, 0.5) is 10.1 Å². The van der Waals surface area contributed by atoms with Crippen LogP contribution in [-0.4, -0.2) is 30.4 Å². The Bertz CT molecular complexity index is 1060. The number of anilines is 1. The summed E-state index contributed by atoms with van der Waals surface area (Å²) >= 11 is 1.53. The van der Waals surface area contributed by atoms with Crippen molar-refractivity contribution in [2.24, 2.45) is 5.41 Å². The van der Waals surface area contributed by atoms with Crippen LogP contribution in [0.5, 0.6) is 0 Å². The molecule has 154 valence electrons. The van der Waals surface area contributed by atoms with E-state index in [0.29, 0.717) is 0 Å². The van der Waals surface area contributed by atoms with Gasteiger partial charge < -0.3 is 9.80 Å². The number of rotatable bonds is 3. The van der Waals surface area contributed by atoms with Crippen LogP contribution >= 0.6 is 11.3 Å². The molecule has 2 fully saturated rings. The van der Waals surface area contributed by atoms with Gasteiger partial charge in [-0.15, -0.1) is 11.3 Å². The molecular weight excluding hydrogens is 395 g/mol. The van der Waals surface area contributed by atoms with E-state index in [2.05, 4.69) is 29.2 Å². The molecule has 5 rings (SSSR count). The summed E-state index contributed by atoms with van der Waals surface area (Å²) in [5.41, 5.74) is 3.38. The Hall–Kier alpha value is -2.66.